The summed E-state index contributed by atoms with van der Waals surface area (Å²) in [5, 5.41) is 14.5. The number of thioether (sulfide) groups is 1. The molecule has 5 nitrogen and oxygen atoms in total. The van der Waals surface area contributed by atoms with E-state index in [0.717, 1.165) is 22.1 Å². The van der Waals surface area contributed by atoms with Gasteiger partial charge in [0.05, 0.1) is 20.7 Å². The Kier molecular flexibility index (Phi) is 5.22. The zero-order chi connectivity index (χ0) is 16.9. The lowest BCUT2D eigenvalue weighted by Gasteiger charge is -1.99. The van der Waals surface area contributed by atoms with Crippen LogP contribution in [0.2, 0.25) is 0 Å². The van der Waals surface area contributed by atoms with Gasteiger partial charge >= 0.3 is 0 Å². The monoisotopic (exact) mass is 357 g/mol. The molecule has 0 fully saturated rings. The van der Waals surface area contributed by atoms with E-state index < -0.39 is 4.92 Å². The Bertz CT molecular complexity index is 830. The summed E-state index contributed by atoms with van der Waals surface area (Å²) in [5.74, 6) is 0.704. The van der Waals surface area contributed by atoms with Crippen LogP contribution in [0.3, 0.4) is 0 Å². The summed E-state index contributed by atoms with van der Waals surface area (Å²) < 4.78 is 0. The Balaban J connectivity index is 1.57. The molecule has 0 saturated carbocycles. The second-order valence-corrected chi connectivity index (χ2v) is 7.23. The molecule has 1 aromatic carbocycles. The lowest BCUT2D eigenvalue weighted by atomic mass is 10.1. The van der Waals surface area contributed by atoms with Crippen LogP contribution in [0.25, 0.3) is 0 Å². The fourth-order valence-corrected chi connectivity index (χ4v) is 3.76. The van der Waals surface area contributed by atoms with Gasteiger partial charge in [-0.05, 0) is 18.6 Å². The Morgan fingerprint density at radius 2 is 2.00 bits per heavy atom. The van der Waals surface area contributed by atoms with Crippen LogP contribution < -0.4 is 0 Å². The molecule has 0 atom stereocenters. The van der Waals surface area contributed by atoms with Crippen molar-refractivity contribution in [1.29, 1.82) is 0 Å². The number of aromatic nitrogens is 2. The number of thiazole rings is 1. The molecule has 0 aliphatic rings. The van der Waals surface area contributed by atoms with E-state index in [1.54, 1.807) is 17.4 Å². The SMILES string of the molecule is Cc1ccc(Cc2nc(CSc3ccc([N+](=O)[O-])cn3)cs2)cc1. The van der Waals surface area contributed by atoms with Crippen LogP contribution in [0.15, 0.2) is 53.0 Å². The minimum Gasteiger partial charge on any atom is -0.258 e. The van der Waals surface area contributed by atoms with Crippen molar-refractivity contribution in [2.45, 2.75) is 24.1 Å². The standard InChI is InChI=1S/C17H15N3O2S2/c1-12-2-4-13(5-3-12)8-17-19-14(11-24-17)10-23-16-7-6-15(9-18-16)20(21)22/h2-7,9,11H,8,10H2,1H3. The van der Waals surface area contributed by atoms with E-state index >= 15 is 0 Å². The van der Waals surface area contributed by atoms with Gasteiger partial charge in [0.1, 0.15) is 6.20 Å². The van der Waals surface area contributed by atoms with Gasteiger partial charge in [-0.1, -0.05) is 41.6 Å². The van der Waals surface area contributed by atoms with Crippen molar-refractivity contribution in [1.82, 2.24) is 9.97 Å². The Hall–Kier alpha value is -2.25. The van der Waals surface area contributed by atoms with Crippen LogP contribution in [0.5, 0.6) is 0 Å². The van der Waals surface area contributed by atoms with E-state index in [9.17, 15) is 10.1 Å². The molecule has 0 bridgehead atoms. The second-order valence-electron chi connectivity index (χ2n) is 5.30. The first-order valence-corrected chi connectivity index (χ1v) is 9.19. The van der Waals surface area contributed by atoms with E-state index in [1.165, 1.54) is 35.2 Å². The average molecular weight is 357 g/mol. The maximum Gasteiger partial charge on any atom is 0.287 e. The summed E-state index contributed by atoms with van der Waals surface area (Å²) in [7, 11) is 0. The highest BCUT2D eigenvalue weighted by molar-refractivity contribution is 7.98. The summed E-state index contributed by atoms with van der Waals surface area (Å²) in [6, 6.07) is 11.6. The zero-order valence-corrected chi connectivity index (χ0v) is 14.6. The van der Waals surface area contributed by atoms with Crippen LogP contribution in [-0.4, -0.2) is 14.9 Å². The third kappa shape index (κ3) is 4.39. The number of nitro groups is 1. The lowest BCUT2D eigenvalue weighted by Crippen LogP contribution is -1.90. The third-order valence-electron chi connectivity index (χ3n) is 3.37. The summed E-state index contributed by atoms with van der Waals surface area (Å²) in [5.41, 5.74) is 3.53. The van der Waals surface area contributed by atoms with Gasteiger partial charge in [0, 0.05) is 23.6 Å². The molecule has 0 aliphatic carbocycles. The predicted octanol–water partition coefficient (Wildman–Crippen LogP) is 4.64. The van der Waals surface area contributed by atoms with E-state index in [2.05, 4.69) is 46.5 Å². The topological polar surface area (TPSA) is 68.9 Å². The molecule has 0 spiro atoms. The van der Waals surface area contributed by atoms with Crippen LogP contribution >= 0.6 is 23.1 Å². The van der Waals surface area contributed by atoms with Gasteiger partial charge in [-0.25, -0.2) is 9.97 Å². The molecular formula is C17H15N3O2S2. The maximum absolute atomic E-state index is 10.6. The molecule has 0 N–H and O–H groups in total. The lowest BCUT2D eigenvalue weighted by molar-refractivity contribution is -0.385. The second kappa shape index (κ2) is 7.55. The van der Waals surface area contributed by atoms with Crippen LogP contribution in [-0.2, 0) is 12.2 Å². The fraction of sp³-hybridized carbons (Fsp3) is 0.176. The molecule has 2 heterocycles. The quantitative estimate of drug-likeness (QED) is 0.365. The molecule has 2 aromatic heterocycles. The molecule has 3 aromatic rings. The average Bonchev–Trinajstić information content (AvgIpc) is 3.03. The first-order chi connectivity index (χ1) is 11.6. The minimum absolute atomic E-state index is 0.00777. The van der Waals surface area contributed by atoms with Gasteiger partial charge in [-0.3, -0.25) is 10.1 Å². The largest absolute Gasteiger partial charge is 0.287 e. The number of nitrogens with zero attached hydrogens (tertiary/aromatic N) is 3. The molecule has 3 rings (SSSR count). The molecular weight excluding hydrogens is 342 g/mol. The van der Waals surface area contributed by atoms with Crippen molar-refractivity contribution in [2.75, 3.05) is 0 Å². The number of rotatable bonds is 6. The molecule has 0 saturated heterocycles. The van der Waals surface area contributed by atoms with Gasteiger partial charge < -0.3 is 0 Å². The minimum atomic E-state index is -0.445. The van der Waals surface area contributed by atoms with Gasteiger partial charge in [0.15, 0.2) is 0 Å². The van der Waals surface area contributed by atoms with Gasteiger partial charge in [0.2, 0.25) is 0 Å². The van der Waals surface area contributed by atoms with Gasteiger partial charge in [-0.15, -0.1) is 11.3 Å². The molecule has 0 radical (unpaired) electrons. The first-order valence-electron chi connectivity index (χ1n) is 7.32. The maximum atomic E-state index is 10.6. The number of benzene rings is 1. The molecule has 24 heavy (non-hydrogen) atoms. The zero-order valence-electron chi connectivity index (χ0n) is 13.0. The smallest absolute Gasteiger partial charge is 0.258 e. The highest BCUT2D eigenvalue weighted by Crippen LogP contribution is 2.24. The molecule has 122 valence electrons. The van der Waals surface area contributed by atoms with Crippen molar-refractivity contribution in [2.24, 2.45) is 0 Å². The van der Waals surface area contributed by atoms with Crippen molar-refractivity contribution < 1.29 is 4.92 Å². The molecule has 7 heteroatoms. The fourth-order valence-electron chi connectivity index (χ4n) is 2.09. The first kappa shape index (κ1) is 16.6. The summed E-state index contributed by atoms with van der Waals surface area (Å²) in [4.78, 5) is 18.9. The van der Waals surface area contributed by atoms with Gasteiger partial charge in [0.25, 0.3) is 5.69 Å². The van der Waals surface area contributed by atoms with E-state index in [-0.39, 0.29) is 5.69 Å². The summed E-state index contributed by atoms with van der Waals surface area (Å²) in [6.07, 6.45) is 2.12. The molecule has 0 unspecified atom stereocenters. The Morgan fingerprint density at radius 1 is 1.21 bits per heavy atom. The van der Waals surface area contributed by atoms with Crippen LogP contribution in [0.4, 0.5) is 5.69 Å². The van der Waals surface area contributed by atoms with Crippen molar-refractivity contribution in [3.63, 3.8) is 0 Å². The van der Waals surface area contributed by atoms with Gasteiger partial charge in [-0.2, -0.15) is 0 Å². The summed E-state index contributed by atoms with van der Waals surface area (Å²) >= 11 is 3.18. The van der Waals surface area contributed by atoms with Crippen molar-refractivity contribution in [3.05, 3.63) is 79.9 Å². The van der Waals surface area contributed by atoms with Crippen LogP contribution in [0, 0.1) is 17.0 Å². The van der Waals surface area contributed by atoms with E-state index in [1.807, 2.05) is 0 Å². The molecule has 0 amide bonds. The van der Waals surface area contributed by atoms with E-state index in [4.69, 9.17) is 0 Å². The predicted molar refractivity (Wildman–Crippen MR) is 96.6 cm³/mol. The van der Waals surface area contributed by atoms with Crippen LogP contribution in [0.1, 0.15) is 21.8 Å². The summed E-state index contributed by atoms with van der Waals surface area (Å²) in [6.45, 7) is 2.08. The van der Waals surface area contributed by atoms with E-state index in [0.29, 0.717) is 5.75 Å². The van der Waals surface area contributed by atoms with Crippen molar-refractivity contribution >= 4 is 28.8 Å². The molecule has 0 aliphatic heterocycles. The normalized spacial score (nSPS) is 10.7. The third-order valence-corrected chi connectivity index (χ3v) is 5.25. The number of hydrogen-bond donors (Lipinski definition) is 0. The highest BCUT2D eigenvalue weighted by atomic mass is 32.2. The highest BCUT2D eigenvalue weighted by Gasteiger charge is 2.07. The number of aryl methyl sites for hydroxylation is 1. The number of hydrogen-bond acceptors (Lipinski definition) is 6. The Morgan fingerprint density at radius 3 is 2.67 bits per heavy atom. The van der Waals surface area contributed by atoms with Crippen molar-refractivity contribution in [3.8, 4) is 0 Å². The number of pyridine rings is 1. The Labute approximate surface area is 147 Å².